The van der Waals surface area contributed by atoms with E-state index < -0.39 is 11.6 Å². The van der Waals surface area contributed by atoms with Gasteiger partial charge in [-0.15, -0.1) is 12.8 Å². The summed E-state index contributed by atoms with van der Waals surface area (Å²) in [4.78, 5) is 29.2. The number of pyridine rings is 1. The number of nitrogens with one attached hydrogen (secondary N) is 1. The van der Waals surface area contributed by atoms with E-state index in [9.17, 15) is 18.4 Å². The Labute approximate surface area is 198 Å². The molecule has 0 radical (unpaired) electrons. The van der Waals surface area contributed by atoms with E-state index in [1.54, 1.807) is 23.6 Å². The lowest BCUT2D eigenvalue weighted by atomic mass is 9.96. The van der Waals surface area contributed by atoms with Crippen LogP contribution < -0.4 is 22.3 Å². The quantitative estimate of drug-likeness (QED) is 0.298. The number of hydrogen-bond donors (Lipinski definition) is 3. The van der Waals surface area contributed by atoms with Gasteiger partial charge in [0.25, 0.3) is 5.56 Å². The first-order chi connectivity index (χ1) is 16.8. The zero-order valence-electron chi connectivity index (χ0n) is 18.9. The molecule has 1 aliphatic rings. The van der Waals surface area contributed by atoms with E-state index in [1.165, 1.54) is 0 Å². The van der Waals surface area contributed by atoms with Gasteiger partial charge in [-0.05, 0) is 43.0 Å². The van der Waals surface area contributed by atoms with Crippen LogP contribution in [0.5, 0.6) is 0 Å². The van der Waals surface area contributed by atoms with Gasteiger partial charge in [-0.3, -0.25) is 9.59 Å². The van der Waals surface area contributed by atoms with Crippen molar-refractivity contribution >= 4 is 33.6 Å². The summed E-state index contributed by atoms with van der Waals surface area (Å²) in [5, 5.41) is 3.19. The molecule has 2 aromatic heterocycles. The maximum atomic E-state index is 14.7. The molecule has 0 atom stereocenters. The maximum Gasteiger partial charge on any atom is 0.281 e. The van der Waals surface area contributed by atoms with E-state index in [0.29, 0.717) is 22.0 Å². The Hall–Kier alpha value is -4.23. The number of oxazole rings is 1. The van der Waals surface area contributed by atoms with E-state index in [1.807, 2.05) is 0 Å². The molecule has 1 saturated carbocycles. The fourth-order valence-electron chi connectivity index (χ4n) is 4.16. The molecular formula is C25H23F2N5O3. The second-order valence-electron chi connectivity index (χ2n) is 8.16. The number of benzene rings is 2. The molecule has 35 heavy (non-hydrogen) atoms. The lowest BCUT2D eigenvalue weighted by Crippen LogP contribution is -2.29. The third kappa shape index (κ3) is 4.11. The highest BCUT2D eigenvalue weighted by atomic mass is 19.1. The van der Waals surface area contributed by atoms with Gasteiger partial charge in [0.1, 0.15) is 11.6 Å². The van der Waals surface area contributed by atoms with Gasteiger partial charge in [-0.2, -0.15) is 0 Å². The SMILES string of the molecule is C#C.Cc1c(-c2cc(F)c(N)cc2F)ccc2c3oc(CNC(=O)CN)nc3c(=O)n(C3CC3)c12. The van der Waals surface area contributed by atoms with Gasteiger partial charge in [0.15, 0.2) is 11.1 Å². The van der Waals surface area contributed by atoms with Crippen LogP contribution >= 0.6 is 0 Å². The molecule has 180 valence electrons. The number of halogens is 2. The Bertz CT molecular complexity index is 1550. The number of fused-ring (bicyclic) bond motifs is 3. The summed E-state index contributed by atoms with van der Waals surface area (Å²) in [5.41, 5.74) is 12.3. The number of nitrogens with zero attached hydrogens (tertiary/aromatic N) is 2. The second-order valence-corrected chi connectivity index (χ2v) is 8.16. The third-order valence-corrected chi connectivity index (χ3v) is 5.92. The normalized spacial score (nSPS) is 13.0. The van der Waals surface area contributed by atoms with Crippen molar-refractivity contribution in [2.75, 3.05) is 12.3 Å². The largest absolute Gasteiger partial charge is 0.438 e. The number of anilines is 1. The Kier molecular flexibility index (Phi) is 6.28. The van der Waals surface area contributed by atoms with Crippen molar-refractivity contribution in [3.8, 4) is 24.0 Å². The minimum atomic E-state index is -0.722. The first-order valence-corrected chi connectivity index (χ1v) is 10.8. The van der Waals surface area contributed by atoms with Gasteiger partial charge in [-0.1, -0.05) is 6.07 Å². The highest BCUT2D eigenvalue weighted by molar-refractivity contribution is 6.04. The second kappa shape index (κ2) is 9.19. The molecule has 0 aliphatic heterocycles. The highest BCUT2D eigenvalue weighted by Crippen LogP contribution is 2.41. The molecule has 0 unspecified atom stereocenters. The molecule has 1 amide bonds. The summed E-state index contributed by atoms with van der Waals surface area (Å²) in [7, 11) is 0. The van der Waals surface area contributed by atoms with Gasteiger partial charge in [0.2, 0.25) is 11.8 Å². The standard InChI is InChI=1S/C23H21F2N5O3.C2H2/c1-10-12(14-6-16(25)17(27)7-15(14)24)4-5-13-21(10)30(11-2-3-11)23(32)20-22(13)33-19(29-20)9-28-18(31)8-26;1-2/h4-7,11H,2-3,8-9,26-27H2,1H3,(H,28,31);1-2H. The first kappa shape index (κ1) is 23.9. The fraction of sp³-hybridized carbons (Fsp3) is 0.240. The number of nitrogens with two attached hydrogens (primary N) is 2. The van der Waals surface area contributed by atoms with Crippen molar-refractivity contribution in [1.82, 2.24) is 14.9 Å². The molecule has 1 fully saturated rings. The molecule has 10 heteroatoms. The van der Waals surface area contributed by atoms with Gasteiger partial charge in [0.05, 0.1) is 24.3 Å². The van der Waals surface area contributed by atoms with E-state index in [-0.39, 0.29) is 58.8 Å². The van der Waals surface area contributed by atoms with Crippen LogP contribution in [0.2, 0.25) is 0 Å². The van der Waals surface area contributed by atoms with Crippen molar-refractivity contribution in [3.05, 3.63) is 57.7 Å². The van der Waals surface area contributed by atoms with Gasteiger partial charge >= 0.3 is 0 Å². The molecule has 8 nitrogen and oxygen atoms in total. The highest BCUT2D eigenvalue weighted by Gasteiger charge is 2.30. The van der Waals surface area contributed by atoms with Crippen LogP contribution in [-0.4, -0.2) is 22.0 Å². The van der Waals surface area contributed by atoms with Crippen LogP contribution in [0.1, 0.15) is 30.3 Å². The number of rotatable bonds is 5. The number of carbonyl (C=O) groups is 1. The van der Waals surface area contributed by atoms with Crippen molar-refractivity contribution < 1.29 is 18.0 Å². The Balaban J connectivity index is 0.00000141. The van der Waals surface area contributed by atoms with Gasteiger partial charge < -0.3 is 25.8 Å². The lowest BCUT2D eigenvalue weighted by Gasteiger charge is -2.16. The van der Waals surface area contributed by atoms with Crippen LogP contribution in [0.4, 0.5) is 14.5 Å². The number of carbonyl (C=O) groups excluding carboxylic acids is 1. The summed E-state index contributed by atoms with van der Waals surface area (Å²) in [5.74, 6) is -1.58. The number of aryl methyl sites for hydroxylation is 1. The average Bonchev–Trinajstić information content (AvgIpc) is 3.59. The van der Waals surface area contributed by atoms with Crippen LogP contribution in [0.25, 0.3) is 33.1 Å². The van der Waals surface area contributed by atoms with E-state index >= 15 is 0 Å². The summed E-state index contributed by atoms with van der Waals surface area (Å²) in [6.45, 7) is 1.57. The molecular weight excluding hydrogens is 456 g/mol. The Morgan fingerprint density at radius 1 is 1.23 bits per heavy atom. The smallest absolute Gasteiger partial charge is 0.281 e. The summed E-state index contributed by atoms with van der Waals surface area (Å²) < 4.78 is 36.3. The van der Waals surface area contributed by atoms with E-state index in [4.69, 9.17) is 15.9 Å². The average molecular weight is 479 g/mol. The topological polar surface area (TPSA) is 129 Å². The van der Waals surface area contributed by atoms with Crippen molar-refractivity contribution in [2.24, 2.45) is 5.73 Å². The van der Waals surface area contributed by atoms with Crippen LogP contribution in [-0.2, 0) is 11.3 Å². The van der Waals surface area contributed by atoms with Crippen molar-refractivity contribution in [2.45, 2.75) is 32.4 Å². The predicted molar refractivity (Wildman–Crippen MR) is 129 cm³/mol. The van der Waals surface area contributed by atoms with Gasteiger partial charge in [-0.25, -0.2) is 13.8 Å². The molecule has 0 bridgehead atoms. The van der Waals surface area contributed by atoms with Crippen molar-refractivity contribution in [1.29, 1.82) is 0 Å². The van der Waals surface area contributed by atoms with Crippen LogP contribution in [0, 0.1) is 31.4 Å². The van der Waals surface area contributed by atoms with E-state index in [0.717, 1.165) is 25.0 Å². The van der Waals surface area contributed by atoms with Crippen LogP contribution in [0.3, 0.4) is 0 Å². The predicted octanol–water partition coefficient (Wildman–Crippen LogP) is 3.14. The number of hydrogen-bond acceptors (Lipinski definition) is 6. The zero-order chi connectivity index (χ0) is 25.4. The molecule has 0 saturated heterocycles. The lowest BCUT2D eigenvalue weighted by molar-refractivity contribution is -0.120. The minimum Gasteiger partial charge on any atom is -0.438 e. The molecule has 4 aromatic rings. The number of nitrogen functional groups attached to an aromatic ring is 1. The van der Waals surface area contributed by atoms with Gasteiger partial charge in [0, 0.05) is 23.1 Å². The first-order valence-electron chi connectivity index (χ1n) is 10.8. The van der Waals surface area contributed by atoms with Crippen molar-refractivity contribution in [3.63, 3.8) is 0 Å². The number of amides is 1. The number of terminal acetylenes is 1. The maximum absolute atomic E-state index is 14.7. The zero-order valence-corrected chi connectivity index (χ0v) is 18.9. The monoisotopic (exact) mass is 479 g/mol. The summed E-state index contributed by atoms with van der Waals surface area (Å²) in [6.07, 6.45) is 9.65. The summed E-state index contributed by atoms with van der Waals surface area (Å²) >= 11 is 0. The Morgan fingerprint density at radius 3 is 2.60 bits per heavy atom. The molecule has 2 aromatic carbocycles. The molecule has 1 aliphatic carbocycles. The third-order valence-electron chi connectivity index (χ3n) is 5.92. The molecule has 5 rings (SSSR count). The molecule has 2 heterocycles. The molecule has 0 spiro atoms. The minimum absolute atomic E-state index is 0.0107. The molecule has 5 N–H and O–H groups in total. The fourth-order valence-corrected chi connectivity index (χ4v) is 4.16. The van der Waals surface area contributed by atoms with E-state index in [2.05, 4.69) is 23.1 Å². The van der Waals surface area contributed by atoms with Crippen LogP contribution in [0.15, 0.2) is 33.5 Å². The Morgan fingerprint density at radius 2 is 1.94 bits per heavy atom. The number of aromatic nitrogens is 2. The summed E-state index contributed by atoms with van der Waals surface area (Å²) in [6, 6.07) is 5.36.